The third kappa shape index (κ3) is 3.27. The maximum absolute atomic E-state index is 6.15. The number of ether oxygens (including phenoxy) is 1. The standard InChI is InChI=1S/C22H25N3O2/c1-2-4-17-13-18(6-5-16(17)3-1)20-14-19(25-27-20)15-24-21-7-12-26-22(21)8-10-23-11-9-22/h1-6,13-14,21,23-24H,7-12,15H2. The van der Waals surface area contributed by atoms with Crippen molar-refractivity contribution < 1.29 is 9.26 Å². The molecule has 27 heavy (non-hydrogen) atoms. The summed E-state index contributed by atoms with van der Waals surface area (Å²) in [5, 5.41) is 13.8. The first-order chi connectivity index (χ1) is 13.3. The number of nitrogens with one attached hydrogen (secondary N) is 2. The van der Waals surface area contributed by atoms with Crippen molar-refractivity contribution in [1.82, 2.24) is 15.8 Å². The van der Waals surface area contributed by atoms with Gasteiger partial charge in [0.05, 0.1) is 11.3 Å². The molecule has 0 aliphatic carbocycles. The van der Waals surface area contributed by atoms with Gasteiger partial charge in [0.2, 0.25) is 0 Å². The van der Waals surface area contributed by atoms with Crippen molar-refractivity contribution in [3.05, 3.63) is 54.2 Å². The highest BCUT2D eigenvalue weighted by molar-refractivity contribution is 5.86. The zero-order chi connectivity index (χ0) is 18.1. The molecule has 1 aromatic heterocycles. The second kappa shape index (κ2) is 7.08. The Hall–Kier alpha value is -2.21. The molecule has 0 amide bonds. The molecular formula is C22H25N3O2. The molecule has 5 heteroatoms. The molecule has 140 valence electrons. The minimum Gasteiger partial charge on any atom is -0.373 e. The van der Waals surface area contributed by atoms with E-state index >= 15 is 0 Å². The Morgan fingerprint density at radius 3 is 2.81 bits per heavy atom. The number of benzene rings is 2. The molecule has 3 aromatic rings. The smallest absolute Gasteiger partial charge is 0.167 e. The van der Waals surface area contributed by atoms with Crippen molar-refractivity contribution in [2.45, 2.75) is 37.5 Å². The van der Waals surface area contributed by atoms with Crippen molar-refractivity contribution in [1.29, 1.82) is 0 Å². The summed E-state index contributed by atoms with van der Waals surface area (Å²) in [5.74, 6) is 0.816. The molecule has 1 atom stereocenters. The Kier molecular flexibility index (Phi) is 4.44. The molecule has 2 aromatic carbocycles. The normalized spacial score (nSPS) is 21.9. The Morgan fingerprint density at radius 2 is 1.93 bits per heavy atom. The number of nitrogens with zero attached hydrogens (tertiary/aromatic N) is 1. The molecule has 1 spiro atoms. The quantitative estimate of drug-likeness (QED) is 0.743. The van der Waals surface area contributed by atoms with Crippen LogP contribution in [0.25, 0.3) is 22.1 Å². The van der Waals surface area contributed by atoms with Gasteiger partial charge in [-0.15, -0.1) is 0 Å². The number of aromatic nitrogens is 1. The van der Waals surface area contributed by atoms with Crippen LogP contribution in [0.4, 0.5) is 0 Å². The molecule has 2 aliphatic heterocycles. The summed E-state index contributed by atoms with van der Waals surface area (Å²) in [6.07, 6.45) is 3.22. The van der Waals surface area contributed by atoms with E-state index < -0.39 is 0 Å². The van der Waals surface area contributed by atoms with E-state index in [4.69, 9.17) is 9.26 Å². The molecule has 0 bridgehead atoms. The minimum absolute atomic E-state index is 0.00381. The topological polar surface area (TPSA) is 59.3 Å². The van der Waals surface area contributed by atoms with Crippen molar-refractivity contribution in [2.75, 3.05) is 19.7 Å². The van der Waals surface area contributed by atoms with Gasteiger partial charge in [0, 0.05) is 30.8 Å². The number of fused-ring (bicyclic) bond motifs is 1. The molecule has 2 N–H and O–H groups in total. The highest BCUT2D eigenvalue weighted by atomic mass is 16.5. The monoisotopic (exact) mass is 363 g/mol. The fourth-order valence-corrected chi connectivity index (χ4v) is 4.48. The van der Waals surface area contributed by atoms with E-state index in [1.54, 1.807) is 0 Å². The van der Waals surface area contributed by atoms with Gasteiger partial charge in [0.25, 0.3) is 0 Å². The van der Waals surface area contributed by atoms with E-state index in [-0.39, 0.29) is 5.60 Å². The van der Waals surface area contributed by atoms with Crippen LogP contribution < -0.4 is 10.6 Å². The van der Waals surface area contributed by atoms with Gasteiger partial charge < -0.3 is 19.9 Å². The summed E-state index contributed by atoms with van der Waals surface area (Å²) in [6, 6.07) is 17.2. The summed E-state index contributed by atoms with van der Waals surface area (Å²) in [6.45, 7) is 3.63. The van der Waals surface area contributed by atoms with Gasteiger partial charge in [0.1, 0.15) is 0 Å². The van der Waals surface area contributed by atoms with Gasteiger partial charge in [-0.3, -0.25) is 0 Å². The van der Waals surface area contributed by atoms with E-state index in [0.717, 1.165) is 56.0 Å². The molecule has 3 heterocycles. The molecule has 2 aliphatic rings. The first-order valence-electron chi connectivity index (χ1n) is 9.85. The molecule has 0 radical (unpaired) electrons. The molecule has 1 unspecified atom stereocenters. The van der Waals surface area contributed by atoms with Gasteiger partial charge in [-0.1, -0.05) is 41.6 Å². The lowest BCUT2D eigenvalue weighted by atomic mass is 9.85. The van der Waals surface area contributed by atoms with Crippen LogP contribution in [-0.2, 0) is 11.3 Å². The SMILES string of the molecule is c1ccc2cc(-c3cc(CNC4CCOC45CCNCC5)no3)ccc2c1. The van der Waals surface area contributed by atoms with Crippen molar-refractivity contribution in [3.63, 3.8) is 0 Å². The Balaban J connectivity index is 1.29. The van der Waals surface area contributed by atoms with Crippen LogP contribution in [0.2, 0.25) is 0 Å². The largest absolute Gasteiger partial charge is 0.373 e. The molecule has 2 fully saturated rings. The Labute approximate surface area is 159 Å². The third-order valence-electron chi connectivity index (χ3n) is 6.00. The fourth-order valence-electron chi connectivity index (χ4n) is 4.48. The summed E-state index contributed by atoms with van der Waals surface area (Å²) in [5.41, 5.74) is 2.00. The van der Waals surface area contributed by atoms with E-state index in [9.17, 15) is 0 Å². The van der Waals surface area contributed by atoms with Crippen molar-refractivity contribution >= 4 is 10.8 Å². The number of hydrogen-bond donors (Lipinski definition) is 2. The van der Waals surface area contributed by atoms with Crippen LogP contribution in [0.1, 0.15) is 25.0 Å². The van der Waals surface area contributed by atoms with E-state index in [0.29, 0.717) is 12.6 Å². The fraction of sp³-hybridized carbons (Fsp3) is 0.409. The minimum atomic E-state index is -0.00381. The highest BCUT2D eigenvalue weighted by Gasteiger charge is 2.44. The predicted molar refractivity (Wildman–Crippen MR) is 105 cm³/mol. The first-order valence-corrected chi connectivity index (χ1v) is 9.85. The maximum Gasteiger partial charge on any atom is 0.167 e. The molecular weight excluding hydrogens is 338 g/mol. The second-order valence-corrected chi connectivity index (χ2v) is 7.63. The van der Waals surface area contributed by atoms with E-state index in [2.05, 4.69) is 58.3 Å². The van der Waals surface area contributed by atoms with Crippen LogP contribution >= 0.6 is 0 Å². The Bertz CT molecular complexity index is 930. The maximum atomic E-state index is 6.15. The average Bonchev–Trinajstić information content (AvgIpc) is 3.34. The van der Waals surface area contributed by atoms with Crippen LogP contribution in [-0.4, -0.2) is 36.5 Å². The molecule has 2 saturated heterocycles. The first kappa shape index (κ1) is 16.9. The lowest BCUT2D eigenvalue weighted by molar-refractivity contribution is -0.0338. The van der Waals surface area contributed by atoms with Crippen LogP contribution in [0.3, 0.4) is 0 Å². The van der Waals surface area contributed by atoms with Gasteiger partial charge in [-0.25, -0.2) is 0 Å². The van der Waals surface area contributed by atoms with Crippen LogP contribution in [0.15, 0.2) is 53.1 Å². The zero-order valence-electron chi connectivity index (χ0n) is 15.4. The third-order valence-corrected chi connectivity index (χ3v) is 6.00. The highest BCUT2D eigenvalue weighted by Crippen LogP contribution is 2.34. The van der Waals surface area contributed by atoms with Crippen molar-refractivity contribution in [3.8, 4) is 11.3 Å². The zero-order valence-corrected chi connectivity index (χ0v) is 15.4. The molecule has 0 saturated carbocycles. The lowest BCUT2D eigenvalue weighted by Crippen LogP contribution is -2.53. The number of hydrogen-bond acceptors (Lipinski definition) is 5. The van der Waals surface area contributed by atoms with Gasteiger partial charge in [-0.2, -0.15) is 0 Å². The van der Waals surface area contributed by atoms with Crippen molar-refractivity contribution in [2.24, 2.45) is 0 Å². The van der Waals surface area contributed by atoms with Gasteiger partial charge in [-0.05, 0) is 49.2 Å². The van der Waals surface area contributed by atoms with Crippen LogP contribution in [0.5, 0.6) is 0 Å². The lowest BCUT2D eigenvalue weighted by Gasteiger charge is -2.38. The predicted octanol–water partition coefficient (Wildman–Crippen LogP) is 3.50. The van der Waals surface area contributed by atoms with Gasteiger partial charge >= 0.3 is 0 Å². The van der Waals surface area contributed by atoms with E-state index in [1.165, 1.54) is 10.8 Å². The van der Waals surface area contributed by atoms with Crippen LogP contribution in [0, 0.1) is 0 Å². The Morgan fingerprint density at radius 1 is 1.07 bits per heavy atom. The number of rotatable bonds is 4. The molecule has 5 rings (SSSR count). The molecule has 5 nitrogen and oxygen atoms in total. The number of piperidine rings is 1. The summed E-state index contributed by atoms with van der Waals surface area (Å²) in [7, 11) is 0. The average molecular weight is 363 g/mol. The summed E-state index contributed by atoms with van der Waals surface area (Å²) in [4.78, 5) is 0. The summed E-state index contributed by atoms with van der Waals surface area (Å²) >= 11 is 0. The second-order valence-electron chi connectivity index (χ2n) is 7.63. The van der Waals surface area contributed by atoms with E-state index in [1.807, 2.05) is 6.07 Å². The summed E-state index contributed by atoms with van der Waals surface area (Å²) < 4.78 is 11.8. The van der Waals surface area contributed by atoms with Gasteiger partial charge in [0.15, 0.2) is 5.76 Å².